The molecule has 3 aromatic rings. The van der Waals surface area contributed by atoms with Crippen molar-refractivity contribution in [3.63, 3.8) is 0 Å². The predicted molar refractivity (Wildman–Crippen MR) is 121 cm³/mol. The van der Waals surface area contributed by atoms with E-state index in [4.69, 9.17) is 14.9 Å². The van der Waals surface area contributed by atoms with E-state index < -0.39 is 0 Å². The van der Waals surface area contributed by atoms with Gasteiger partial charge in [0.25, 0.3) is 0 Å². The summed E-state index contributed by atoms with van der Waals surface area (Å²) in [4.78, 5) is 13.5. The van der Waals surface area contributed by atoms with E-state index in [9.17, 15) is 4.79 Å². The number of Topliss-reactive ketones (excluding diaryl/α,β-unsaturated/α-hetero) is 1. The number of rotatable bonds is 7. The van der Waals surface area contributed by atoms with Gasteiger partial charge in [0.2, 0.25) is 11.5 Å². The van der Waals surface area contributed by atoms with Crippen molar-refractivity contribution in [1.82, 2.24) is 19.4 Å². The van der Waals surface area contributed by atoms with Gasteiger partial charge in [-0.1, -0.05) is 26.8 Å². The number of nitrogens with zero attached hydrogens (tertiary/aromatic N) is 4. The molecule has 1 fully saturated rings. The number of aromatic nitrogens is 4. The highest BCUT2D eigenvalue weighted by molar-refractivity contribution is 5.99. The summed E-state index contributed by atoms with van der Waals surface area (Å²) in [6.45, 7) is 10.5. The minimum atomic E-state index is -0.168. The number of nitrogens with one attached hydrogen (secondary N) is 1. The van der Waals surface area contributed by atoms with Crippen molar-refractivity contribution in [1.29, 1.82) is 5.41 Å². The van der Waals surface area contributed by atoms with Crippen molar-refractivity contribution in [2.45, 2.75) is 65.3 Å². The number of hydrogen-bond donors (Lipinski definition) is 1. The zero-order valence-corrected chi connectivity index (χ0v) is 19.7. The van der Waals surface area contributed by atoms with E-state index in [1.807, 2.05) is 19.9 Å². The minimum absolute atomic E-state index is 0.0198. The summed E-state index contributed by atoms with van der Waals surface area (Å²) in [6, 6.07) is 5.93. The first-order valence-corrected chi connectivity index (χ1v) is 11.0. The Bertz CT molecular complexity index is 1250. The first-order valence-electron chi connectivity index (χ1n) is 11.0. The quantitative estimate of drug-likeness (QED) is 0.568. The zero-order valence-electron chi connectivity index (χ0n) is 19.7. The molecular weight excluding hydrogens is 406 g/mol. The number of carbonyl (C=O) groups excluding carboxylic acids is 1. The third kappa shape index (κ3) is 4.01. The van der Waals surface area contributed by atoms with Crippen LogP contribution in [0.4, 0.5) is 0 Å². The SMILES string of the molecule is CCOc1cc(C)c2nn(CC(=O)c3cc(C4CC4)cc(C(C)(C)C)c3OC)c(=N)n2n1. The molecule has 4 rings (SSSR count). The summed E-state index contributed by atoms with van der Waals surface area (Å²) >= 11 is 0. The molecule has 0 bridgehead atoms. The van der Waals surface area contributed by atoms with E-state index in [2.05, 4.69) is 37.0 Å². The highest BCUT2D eigenvalue weighted by Gasteiger charge is 2.30. The van der Waals surface area contributed by atoms with E-state index in [-0.39, 0.29) is 23.4 Å². The highest BCUT2D eigenvalue weighted by Crippen LogP contribution is 2.44. The highest BCUT2D eigenvalue weighted by atomic mass is 16.5. The maximum absolute atomic E-state index is 13.5. The molecular formula is C24H31N5O3. The van der Waals surface area contributed by atoms with Gasteiger partial charge < -0.3 is 9.47 Å². The number of methoxy groups -OCH3 is 1. The van der Waals surface area contributed by atoms with Gasteiger partial charge in [-0.2, -0.15) is 4.52 Å². The summed E-state index contributed by atoms with van der Waals surface area (Å²) in [5.41, 5.74) is 3.96. The van der Waals surface area contributed by atoms with E-state index in [0.29, 0.717) is 35.4 Å². The van der Waals surface area contributed by atoms with Crippen LogP contribution in [0.25, 0.3) is 5.65 Å². The van der Waals surface area contributed by atoms with Crippen molar-refractivity contribution in [3.8, 4) is 11.6 Å². The summed E-state index contributed by atoms with van der Waals surface area (Å²) in [6.07, 6.45) is 2.30. The maximum Gasteiger partial charge on any atom is 0.242 e. The Morgan fingerprint density at radius 2 is 1.94 bits per heavy atom. The molecule has 1 aliphatic carbocycles. The Hall–Kier alpha value is -3.16. The molecule has 1 saturated carbocycles. The van der Waals surface area contributed by atoms with Crippen LogP contribution in [0.5, 0.6) is 11.6 Å². The standard InChI is InChI=1S/C24H31N5O3/c1-7-32-20-10-14(2)22-27-28(23(25)29(22)26-20)13-19(30)17-11-16(15-8-9-15)12-18(21(17)31-6)24(3,4)5/h10-12,15,25H,7-9,13H2,1-6H3. The number of hydrogen-bond acceptors (Lipinski definition) is 6. The second kappa shape index (κ2) is 8.07. The van der Waals surface area contributed by atoms with Gasteiger partial charge in [-0.3, -0.25) is 10.2 Å². The Labute approximate surface area is 187 Å². The van der Waals surface area contributed by atoms with Crippen molar-refractivity contribution >= 4 is 11.4 Å². The fourth-order valence-electron chi connectivity index (χ4n) is 3.97. The molecule has 0 spiro atoms. The first-order chi connectivity index (χ1) is 15.1. The Morgan fingerprint density at radius 1 is 1.22 bits per heavy atom. The van der Waals surface area contributed by atoms with Gasteiger partial charge in [0.05, 0.1) is 19.3 Å². The lowest BCUT2D eigenvalue weighted by Crippen LogP contribution is -2.27. The average Bonchev–Trinajstić information content (AvgIpc) is 3.53. The van der Waals surface area contributed by atoms with Gasteiger partial charge in [0.1, 0.15) is 12.3 Å². The van der Waals surface area contributed by atoms with E-state index in [1.54, 1.807) is 13.2 Å². The molecule has 2 aromatic heterocycles. The largest absolute Gasteiger partial charge is 0.496 e. The Balaban J connectivity index is 1.77. The zero-order chi connectivity index (χ0) is 23.2. The van der Waals surface area contributed by atoms with Gasteiger partial charge in [-0.25, -0.2) is 4.68 Å². The van der Waals surface area contributed by atoms with Crippen LogP contribution >= 0.6 is 0 Å². The van der Waals surface area contributed by atoms with Crippen LogP contribution in [-0.2, 0) is 12.0 Å². The Kier molecular flexibility index (Phi) is 5.56. The van der Waals surface area contributed by atoms with Crippen molar-refractivity contribution in [2.24, 2.45) is 0 Å². The van der Waals surface area contributed by atoms with E-state index in [1.165, 1.54) is 14.8 Å². The van der Waals surface area contributed by atoms with Crippen LogP contribution in [0, 0.1) is 12.3 Å². The molecule has 0 atom stereocenters. The molecule has 32 heavy (non-hydrogen) atoms. The molecule has 0 aliphatic heterocycles. The molecule has 1 aliphatic rings. The predicted octanol–water partition coefficient (Wildman–Crippen LogP) is 3.78. The number of fused-ring (bicyclic) bond motifs is 1. The monoisotopic (exact) mass is 437 g/mol. The molecule has 8 heteroatoms. The van der Waals surface area contributed by atoms with Gasteiger partial charge in [0.15, 0.2) is 11.4 Å². The minimum Gasteiger partial charge on any atom is -0.496 e. The third-order valence-electron chi connectivity index (χ3n) is 5.81. The fourth-order valence-corrected chi connectivity index (χ4v) is 3.97. The number of aryl methyl sites for hydroxylation is 1. The summed E-state index contributed by atoms with van der Waals surface area (Å²) in [7, 11) is 1.61. The second-order valence-electron chi connectivity index (χ2n) is 9.41. The molecule has 2 heterocycles. The maximum atomic E-state index is 13.5. The van der Waals surface area contributed by atoms with Crippen LogP contribution in [0.15, 0.2) is 18.2 Å². The number of ether oxygens (including phenoxy) is 2. The van der Waals surface area contributed by atoms with E-state index in [0.717, 1.165) is 24.0 Å². The molecule has 0 amide bonds. The summed E-state index contributed by atoms with van der Waals surface area (Å²) in [5, 5.41) is 17.4. The second-order valence-corrected chi connectivity index (χ2v) is 9.41. The third-order valence-corrected chi connectivity index (χ3v) is 5.81. The number of ketones is 1. The van der Waals surface area contributed by atoms with Crippen LogP contribution in [0.3, 0.4) is 0 Å². The van der Waals surface area contributed by atoms with Crippen LogP contribution < -0.4 is 15.1 Å². The fraction of sp³-hybridized carbons (Fsp3) is 0.500. The van der Waals surface area contributed by atoms with E-state index >= 15 is 0 Å². The summed E-state index contributed by atoms with van der Waals surface area (Å²) < 4.78 is 14.0. The van der Waals surface area contributed by atoms with Crippen LogP contribution in [0.1, 0.15) is 73.5 Å². The number of carbonyl (C=O) groups is 1. The lowest BCUT2D eigenvalue weighted by Gasteiger charge is -2.25. The van der Waals surface area contributed by atoms with Gasteiger partial charge in [0, 0.05) is 17.2 Å². The molecule has 0 saturated heterocycles. The topological polar surface area (TPSA) is 94.5 Å². The van der Waals surface area contributed by atoms with Gasteiger partial charge in [-0.15, -0.1) is 10.2 Å². The molecule has 0 radical (unpaired) electrons. The van der Waals surface area contributed by atoms with Crippen LogP contribution in [-0.4, -0.2) is 38.9 Å². The van der Waals surface area contributed by atoms with Gasteiger partial charge in [-0.05, 0) is 49.7 Å². The first kappa shape index (κ1) is 22.0. The number of benzene rings is 1. The van der Waals surface area contributed by atoms with Crippen molar-refractivity contribution < 1.29 is 14.3 Å². The molecule has 0 unspecified atom stereocenters. The molecule has 8 nitrogen and oxygen atoms in total. The average molecular weight is 438 g/mol. The molecule has 1 aromatic carbocycles. The molecule has 1 N–H and O–H groups in total. The molecule has 170 valence electrons. The van der Waals surface area contributed by atoms with Crippen LogP contribution in [0.2, 0.25) is 0 Å². The Morgan fingerprint density at radius 3 is 2.53 bits per heavy atom. The lowest BCUT2D eigenvalue weighted by molar-refractivity contribution is 0.0962. The smallest absolute Gasteiger partial charge is 0.242 e. The summed E-state index contributed by atoms with van der Waals surface area (Å²) in [5.74, 6) is 1.40. The lowest BCUT2D eigenvalue weighted by atomic mass is 9.83. The normalized spacial score (nSPS) is 14.1. The van der Waals surface area contributed by atoms with Crippen molar-refractivity contribution in [2.75, 3.05) is 13.7 Å². The van der Waals surface area contributed by atoms with Crippen molar-refractivity contribution in [3.05, 3.63) is 46.1 Å². The van der Waals surface area contributed by atoms with Gasteiger partial charge >= 0.3 is 0 Å².